The average Bonchev–Trinajstić information content (AvgIpc) is 2.40. The van der Waals surface area contributed by atoms with Gasteiger partial charge in [-0.05, 0) is 54.1 Å². The third kappa shape index (κ3) is 3.71. The lowest BCUT2D eigenvalue weighted by Crippen LogP contribution is -2.44. The summed E-state index contributed by atoms with van der Waals surface area (Å²) in [6, 6.07) is 7.15. The molecule has 1 aromatic carbocycles. The average molecular weight is 326 g/mol. The van der Waals surface area contributed by atoms with Crippen molar-refractivity contribution in [2.24, 2.45) is 0 Å². The van der Waals surface area contributed by atoms with Crippen LogP contribution in [0, 0.1) is 0 Å². The molecule has 2 rings (SSSR count). The summed E-state index contributed by atoms with van der Waals surface area (Å²) in [5, 5.41) is 3.45. The fourth-order valence-electron chi connectivity index (χ4n) is 2.52. The molecule has 0 bridgehead atoms. The van der Waals surface area contributed by atoms with E-state index in [1.807, 2.05) is 0 Å². The second kappa shape index (κ2) is 6.73. The van der Waals surface area contributed by atoms with E-state index in [2.05, 4.69) is 70.1 Å². The molecule has 1 fully saturated rings. The summed E-state index contributed by atoms with van der Waals surface area (Å²) in [5.41, 5.74) is 2.66. The van der Waals surface area contributed by atoms with Gasteiger partial charge in [0.2, 0.25) is 0 Å². The number of rotatable bonds is 4. The van der Waals surface area contributed by atoms with Crippen LogP contribution in [0.5, 0.6) is 0 Å². The summed E-state index contributed by atoms with van der Waals surface area (Å²) in [6.07, 6.45) is 0. The van der Waals surface area contributed by atoms with Crippen LogP contribution in [0.1, 0.15) is 25.5 Å². The molecule has 0 saturated carbocycles. The molecule has 0 amide bonds. The van der Waals surface area contributed by atoms with E-state index in [1.165, 1.54) is 15.7 Å². The van der Waals surface area contributed by atoms with Crippen LogP contribution in [0.4, 0.5) is 5.69 Å². The molecule has 106 valence electrons. The predicted molar refractivity (Wildman–Crippen MR) is 85.9 cm³/mol. The first-order valence-corrected chi connectivity index (χ1v) is 7.87. The Morgan fingerprint density at radius 3 is 2.53 bits per heavy atom. The first-order chi connectivity index (χ1) is 9.11. The minimum atomic E-state index is 0.405. The molecular formula is C15H24BrN3. The second-order valence-corrected chi connectivity index (χ2v) is 6.13. The summed E-state index contributed by atoms with van der Waals surface area (Å²) in [4.78, 5) is 4.85. The van der Waals surface area contributed by atoms with E-state index >= 15 is 0 Å². The summed E-state index contributed by atoms with van der Waals surface area (Å²) >= 11 is 3.73. The molecule has 1 atom stereocenters. The molecule has 1 N–H and O–H groups in total. The molecular weight excluding hydrogens is 302 g/mol. The smallest absolute Gasteiger partial charge is 0.0511 e. The second-order valence-electron chi connectivity index (χ2n) is 5.28. The maximum atomic E-state index is 3.73. The van der Waals surface area contributed by atoms with Crippen molar-refractivity contribution in [2.45, 2.75) is 19.9 Å². The van der Waals surface area contributed by atoms with Gasteiger partial charge in [0.25, 0.3) is 0 Å². The SMILES string of the molecule is CCNC(C)c1ccc(N2CCN(C)CC2)c(Br)c1. The number of hydrogen-bond acceptors (Lipinski definition) is 3. The lowest BCUT2D eigenvalue weighted by molar-refractivity contribution is 0.312. The van der Waals surface area contributed by atoms with Crippen molar-refractivity contribution in [3.05, 3.63) is 28.2 Å². The minimum absolute atomic E-state index is 0.405. The number of anilines is 1. The standard InChI is InChI=1S/C15H24BrN3/c1-4-17-12(2)13-5-6-15(14(16)11-13)19-9-7-18(3)8-10-19/h5-6,11-12,17H,4,7-10H2,1-3H3. The highest BCUT2D eigenvalue weighted by Gasteiger charge is 2.17. The van der Waals surface area contributed by atoms with Crippen molar-refractivity contribution in [3.8, 4) is 0 Å². The molecule has 0 aliphatic carbocycles. The summed E-state index contributed by atoms with van der Waals surface area (Å²) in [5.74, 6) is 0. The molecule has 0 spiro atoms. The van der Waals surface area contributed by atoms with Gasteiger partial charge in [-0.15, -0.1) is 0 Å². The number of nitrogens with one attached hydrogen (secondary N) is 1. The lowest BCUT2D eigenvalue weighted by Gasteiger charge is -2.34. The van der Waals surface area contributed by atoms with Crippen LogP contribution < -0.4 is 10.2 Å². The maximum Gasteiger partial charge on any atom is 0.0511 e. The highest BCUT2D eigenvalue weighted by atomic mass is 79.9. The molecule has 1 aliphatic heterocycles. The topological polar surface area (TPSA) is 18.5 Å². The van der Waals surface area contributed by atoms with E-state index in [0.717, 1.165) is 32.7 Å². The lowest BCUT2D eigenvalue weighted by atomic mass is 10.1. The van der Waals surface area contributed by atoms with Crippen LogP contribution >= 0.6 is 15.9 Å². The molecule has 0 aromatic heterocycles. The van der Waals surface area contributed by atoms with Gasteiger partial charge in [-0.25, -0.2) is 0 Å². The number of nitrogens with zero attached hydrogens (tertiary/aromatic N) is 2. The van der Waals surface area contributed by atoms with Crippen LogP contribution in [0.3, 0.4) is 0 Å². The van der Waals surface area contributed by atoms with Gasteiger partial charge >= 0.3 is 0 Å². The molecule has 4 heteroatoms. The molecule has 0 radical (unpaired) electrons. The zero-order valence-electron chi connectivity index (χ0n) is 12.1. The van der Waals surface area contributed by atoms with Crippen LogP contribution in [-0.2, 0) is 0 Å². The van der Waals surface area contributed by atoms with Crippen LogP contribution in [0.15, 0.2) is 22.7 Å². The van der Waals surface area contributed by atoms with Gasteiger partial charge in [0.1, 0.15) is 0 Å². The normalized spacial score (nSPS) is 18.6. The van der Waals surface area contributed by atoms with E-state index in [4.69, 9.17) is 0 Å². The monoisotopic (exact) mass is 325 g/mol. The first-order valence-electron chi connectivity index (χ1n) is 7.08. The van der Waals surface area contributed by atoms with Crippen molar-refractivity contribution < 1.29 is 0 Å². The number of hydrogen-bond donors (Lipinski definition) is 1. The molecule has 1 unspecified atom stereocenters. The zero-order chi connectivity index (χ0) is 13.8. The highest BCUT2D eigenvalue weighted by Crippen LogP contribution is 2.30. The Labute approximate surface area is 125 Å². The van der Waals surface area contributed by atoms with Crippen molar-refractivity contribution in [2.75, 3.05) is 44.7 Å². The number of benzene rings is 1. The van der Waals surface area contributed by atoms with Gasteiger partial charge in [0, 0.05) is 36.7 Å². The fraction of sp³-hybridized carbons (Fsp3) is 0.600. The Morgan fingerprint density at radius 1 is 1.26 bits per heavy atom. The van der Waals surface area contributed by atoms with E-state index in [0.29, 0.717) is 6.04 Å². The number of piperazine rings is 1. The van der Waals surface area contributed by atoms with Gasteiger partial charge in [-0.3, -0.25) is 0 Å². The summed E-state index contributed by atoms with van der Waals surface area (Å²) in [7, 11) is 2.19. The largest absolute Gasteiger partial charge is 0.368 e. The van der Waals surface area contributed by atoms with E-state index < -0.39 is 0 Å². The molecule has 1 saturated heterocycles. The minimum Gasteiger partial charge on any atom is -0.368 e. The fourth-order valence-corrected chi connectivity index (χ4v) is 3.17. The van der Waals surface area contributed by atoms with Crippen LogP contribution in [0.2, 0.25) is 0 Å². The van der Waals surface area contributed by atoms with Gasteiger partial charge < -0.3 is 15.1 Å². The van der Waals surface area contributed by atoms with Crippen molar-refractivity contribution in [1.29, 1.82) is 0 Å². The van der Waals surface area contributed by atoms with Crippen molar-refractivity contribution in [1.82, 2.24) is 10.2 Å². The molecule has 1 aromatic rings. The first kappa shape index (κ1) is 14.8. The Balaban J connectivity index is 2.10. The van der Waals surface area contributed by atoms with Crippen molar-refractivity contribution in [3.63, 3.8) is 0 Å². The predicted octanol–water partition coefficient (Wildman–Crippen LogP) is 2.87. The Kier molecular flexibility index (Phi) is 5.25. The summed E-state index contributed by atoms with van der Waals surface area (Å²) in [6.45, 7) is 9.85. The Hall–Kier alpha value is -0.580. The molecule has 3 nitrogen and oxygen atoms in total. The van der Waals surface area contributed by atoms with Gasteiger partial charge in [-0.2, -0.15) is 0 Å². The maximum absolute atomic E-state index is 3.73. The van der Waals surface area contributed by atoms with Crippen molar-refractivity contribution >= 4 is 21.6 Å². The number of likely N-dealkylation sites (N-methyl/N-ethyl adjacent to an activating group) is 1. The third-order valence-electron chi connectivity index (χ3n) is 3.83. The Morgan fingerprint density at radius 2 is 1.95 bits per heavy atom. The molecule has 1 aliphatic rings. The number of halogens is 1. The third-order valence-corrected chi connectivity index (χ3v) is 4.46. The molecule has 1 heterocycles. The van der Waals surface area contributed by atoms with E-state index in [-0.39, 0.29) is 0 Å². The quantitative estimate of drug-likeness (QED) is 0.918. The zero-order valence-corrected chi connectivity index (χ0v) is 13.7. The van der Waals surface area contributed by atoms with Gasteiger partial charge in [0.05, 0.1) is 5.69 Å². The van der Waals surface area contributed by atoms with Gasteiger partial charge in [-0.1, -0.05) is 13.0 Å². The van der Waals surface area contributed by atoms with Gasteiger partial charge in [0.15, 0.2) is 0 Å². The Bertz CT molecular complexity index is 414. The van der Waals surface area contributed by atoms with Crippen LogP contribution in [0.25, 0.3) is 0 Å². The van der Waals surface area contributed by atoms with Crippen LogP contribution in [-0.4, -0.2) is 44.7 Å². The van der Waals surface area contributed by atoms with E-state index in [1.54, 1.807) is 0 Å². The molecule has 19 heavy (non-hydrogen) atoms. The summed E-state index contributed by atoms with van der Waals surface area (Å²) < 4.78 is 1.21. The van der Waals surface area contributed by atoms with E-state index in [9.17, 15) is 0 Å². The highest BCUT2D eigenvalue weighted by molar-refractivity contribution is 9.10.